The maximum Gasteiger partial charge on any atom is 0.189 e. The minimum absolute atomic E-state index is 0.000204. The lowest BCUT2D eigenvalue weighted by atomic mass is 9.99. The molecule has 1 aromatic rings. The predicted molar refractivity (Wildman–Crippen MR) is 83.5 cm³/mol. The molecule has 6 heteroatoms. The molecule has 0 fully saturated rings. The van der Waals surface area contributed by atoms with Gasteiger partial charge in [0.1, 0.15) is 5.69 Å². The van der Waals surface area contributed by atoms with Crippen molar-refractivity contribution in [3.63, 3.8) is 0 Å². The fourth-order valence-corrected chi connectivity index (χ4v) is 4.23. The van der Waals surface area contributed by atoms with Gasteiger partial charge < -0.3 is 5.32 Å². The van der Waals surface area contributed by atoms with Gasteiger partial charge >= 0.3 is 0 Å². The number of hydrogen-bond acceptors (Lipinski definition) is 6. The topological polar surface area (TPSA) is 54.4 Å². The van der Waals surface area contributed by atoms with Crippen LogP contribution in [0.15, 0.2) is 10.4 Å². The molecule has 1 aliphatic heterocycles. The molecule has 4 nitrogen and oxygen atoms in total. The van der Waals surface area contributed by atoms with Crippen LogP contribution in [-0.4, -0.2) is 27.7 Å². The van der Waals surface area contributed by atoms with Crippen LogP contribution in [0.5, 0.6) is 0 Å². The second-order valence-electron chi connectivity index (χ2n) is 4.60. The fraction of sp³-hybridized carbons (Fsp3) is 0.615. The smallest absolute Gasteiger partial charge is 0.189 e. The Morgan fingerprint density at radius 1 is 1.53 bits per heavy atom. The van der Waals surface area contributed by atoms with E-state index in [0.29, 0.717) is 10.9 Å². The molecule has 1 aliphatic rings. The Bertz CT molecular complexity index is 480. The third kappa shape index (κ3) is 3.57. The molecule has 0 amide bonds. The Morgan fingerprint density at radius 3 is 2.84 bits per heavy atom. The standard InChI is InChI=1S/C13H19N3OS2/c1-4-9(5-2)11-6-14-12(19-11)16-13-15-10(7-18-13)8(3)17/h7,9,11H,4-6H2,1-3H3,(H,14,15,16). The summed E-state index contributed by atoms with van der Waals surface area (Å²) in [4.78, 5) is 20.0. The molecule has 2 heterocycles. The molecule has 104 valence electrons. The van der Waals surface area contributed by atoms with E-state index in [-0.39, 0.29) is 5.78 Å². The van der Waals surface area contributed by atoms with Crippen molar-refractivity contribution in [2.24, 2.45) is 10.9 Å². The number of nitrogens with one attached hydrogen (secondary N) is 1. The van der Waals surface area contributed by atoms with E-state index in [1.54, 1.807) is 17.1 Å². The molecule has 1 unspecified atom stereocenters. The van der Waals surface area contributed by atoms with Crippen LogP contribution in [-0.2, 0) is 0 Å². The van der Waals surface area contributed by atoms with Crippen LogP contribution in [0.3, 0.4) is 0 Å². The van der Waals surface area contributed by atoms with Crippen LogP contribution < -0.4 is 5.32 Å². The van der Waals surface area contributed by atoms with Crippen LogP contribution in [0, 0.1) is 5.92 Å². The summed E-state index contributed by atoms with van der Waals surface area (Å²) in [7, 11) is 0. The average molecular weight is 297 g/mol. The number of aliphatic imine (C=N–C) groups is 1. The summed E-state index contributed by atoms with van der Waals surface area (Å²) >= 11 is 3.25. The van der Waals surface area contributed by atoms with Crippen molar-refractivity contribution in [3.05, 3.63) is 11.1 Å². The van der Waals surface area contributed by atoms with Gasteiger partial charge in [-0.2, -0.15) is 0 Å². The van der Waals surface area contributed by atoms with Gasteiger partial charge in [0, 0.05) is 17.6 Å². The van der Waals surface area contributed by atoms with Gasteiger partial charge in [-0.15, -0.1) is 11.3 Å². The highest BCUT2D eigenvalue weighted by Crippen LogP contribution is 2.32. The number of Topliss-reactive ketones (excluding diaryl/α,β-unsaturated/α-hetero) is 1. The number of nitrogens with zero attached hydrogens (tertiary/aromatic N) is 2. The molecular formula is C13H19N3OS2. The van der Waals surface area contributed by atoms with Crippen LogP contribution >= 0.6 is 23.1 Å². The number of rotatable bonds is 5. The van der Waals surface area contributed by atoms with E-state index >= 15 is 0 Å². The fourth-order valence-electron chi connectivity index (χ4n) is 2.10. The maximum absolute atomic E-state index is 11.2. The number of hydrogen-bond donors (Lipinski definition) is 1. The van der Waals surface area contributed by atoms with Gasteiger partial charge in [0.15, 0.2) is 16.1 Å². The average Bonchev–Trinajstić information content (AvgIpc) is 3.01. The number of carbonyl (C=O) groups is 1. The quantitative estimate of drug-likeness (QED) is 0.843. The zero-order valence-electron chi connectivity index (χ0n) is 11.5. The molecule has 1 atom stereocenters. The Labute approximate surface area is 122 Å². The van der Waals surface area contributed by atoms with Crippen molar-refractivity contribution < 1.29 is 4.79 Å². The first-order valence-electron chi connectivity index (χ1n) is 6.58. The number of aromatic nitrogens is 1. The first kappa shape index (κ1) is 14.5. The molecule has 0 saturated heterocycles. The number of carbonyl (C=O) groups excluding carboxylic acids is 1. The minimum atomic E-state index is 0.000204. The van der Waals surface area contributed by atoms with Crippen LogP contribution in [0.1, 0.15) is 44.1 Å². The van der Waals surface area contributed by atoms with Crippen molar-refractivity contribution in [1.82, 2.24) is 4.98 Å². The van der Waals surface area contributed by atoms with E-state index < -0.39 is 0 Å². The molecule has 0 aliphatic carbocycles. The summed E-state index contributed by atoms with van der Waals surface area (Å²) < 4.78 is 0. The molecule has 2 rings (SSSR count). The molecule has 19 heavy (non-hydrogen) atoms. The summed E-state index contributed by atoms with van der Waals surface area (Å²) in [5.74, 6) is 0.720. The van der Waals surface area contributed by atoms with E-state index in [9.17, 15) is 4.79 Å². The van der Waals surface area contributed by atoms with Crippen molar-refractivity contribution >= 4 is 39.2 Å². The summed E-state index contributed by atoms with van der Waals surface area (Å²) in [6.45, 7) is 6.88. The number of thiazole rings is 1. The normalized spacial score (nSPS) is 18.7. The number of ketones is 1. The molecule has 0 spiro atoms. The molecule has 0 radical (unpaired) electrons. The first-order valence-corrected chi connectivity index (χ1v) is 8.34. The largest absolute Gasteiger partial charge is 0.311 e. The van der Waals surface area contributed by atoms with Gasteiger partial charge in [-0.25, -0.2) is 4.98 Å². The molecule has 0 bridgehead atoms. The van der Waals surface area contributed by atoms with Crippen LogP contribution in [0.2, 0.25) is 0 Å². The summed E-state index contributed by atoms with van der Waals surface area (Å²) in [6.07, 6.45) is 2.39. The van der Waals surface area contributed by atoms with Gasteiger partial charge in [-0.3, -0.25) is 9.79 Å². The molecule has 1 N–H and O–H groups in total. The van der Waals surface area contributed by atoms with Crippen molar-refractivity contribution in [1.29, 1.82) is 0 Å². The minimum Gasteiger partial charge on any atom is -0.311 e. The lowest BCUT2D eigenvalue weighted by Crippen LogP contribution is -2.17. The zero-order chi connectivity index (χ0) is 13.8. The summed E-state index contributed by atoms with van der Waals surface area (Å²) in [5.41, 5.74) is 0.521. The monoisotopic (exact) mass is 297 g/mol. The van der Waals surface area contributed by atoms with Gasteiger partial charge in [-0.1, -0.05) is 38.5 Å². The predicted octanol–water partition coefficient (Wildman–Crippen LogP) is 3.67. The molecule has 0 aromatic carbocycles. The highest BCUT2D eigenvalue weighted by Gasteiger charge is 2.26. The van der Waals surface area contributed by atoms with Crippen molar-refractivity contribution in [2.75, 3.05) is 11.9 Å². The Kier molecular flexibility index (Phi) is 4.99. The summed E-state index contributed by atoms with van der Waals surface area (Å²) in [6, 6.07) is 0. The van der Waals surface area contributed by atoms with Gasteiger partial charge in [0.2, 0.25) is 0 Å². The van der Waals surface area contributed by atoms with Gasteiger partial charge in [-0.05, 0) is 5.92 Å². The second kappa shape index (κ2) is 6.52. The van der Waals surface area contributed by atoms with Crippen molar-refractivity contribution in [3.8, 4) is 0 Å². The highest BCUT2D eigenvalue weighted by atomic mass is 32.2. The van der Waals surface area contributed by atoms with E-state index in [0.717, 1.165) is 22.8 Å². The number of thioether (sulfide) groups is 1. The van der Waals surface area contributed by atoms with Crippen LogP contribution in [0.25, 0.3) is 0 Å². The zero-order valence-corrected chi connectivity index (χ0v) is 13.1. The second-order valence-corrected chi connectivity index (χ2v) is 6.68. The third-order valence-corrected chi connectivity index (χ3v) is 5.38. The Morgan fingerprint density at radius 2 is 2.26 bits per heavy atom. The third-order valence-electron chi connectivity index (χ3n) is 3.33. The number of amidine groups is 1. The Balaban J connectivity index is 1.92. The van der Waals surface area contributed by atoms with Gasteiger partial charge in [0.25, 0.3) is 0 Å². The molecule has 1 aromatic heterocycles. The van der Waals surface area contributed by atoms with E-state index in [2.05, 4.69) is 29.1 Å². The highest BCUT2D eigenvalue weighted by molar-refractivity contribution is 8.15. The molecular weight excluding hydrogens is 278 g/mol. The van der Waals surface area contributed by atoms with E-state index in [1.807, 2.05) is 0 Å². The number of anilines is 1. The maximum atomic E-state index is 11.2. The lowest BCUT2D eigenvalue weighted by Gasteiger charge is -2.18. The first-order chi connectivity index (χ1) is 9.13. The SMILES string of the molecule is CCC(CC)C1CN=C(Nc2nc(C(C)=O)cs2)S1. The van der Waals surface area contributed by atoms with E-state index in [4.69, 9.17) is 0 Å². The van der Waals surface area contributed by atoms with Gasteiger partial charge in [0.05, 0.1) is 6.54 Å². The lowest BCUT2D eigenvalue weighted by molar-refractivity contribution is 0.101. The van der Waals surface area contributed by atoms with E-state index in [1.165, 1.54) is 31.1 Å². The Hall–Kier alpha value is -0.880. The van der Waals surface area contributed by atoms with Crippen LogP contribution in [0.4, 0.5) is 5.13 Å². The van der Waals surface area contributed by atoms with Crippen molar-refractivity contribution in [2.45, 2.75) is 38.9 Å². The summed E-state index contributed by atoms with van der Waals surface area (Å²) in [5, 5.41) is 7.26. The molecule has 0 saturated carbocycles.